The monoisotopic (exact) mass is 355 g/mol. The summed E-state index contributed by atoms with van der Waals surface area (Å²) in [6.45, 7) is 4.38. The number of rotatable bonds is 5. The van der Waals surface area contributed by atoms with Crippen LogP contribution in [0.1, 0.15) is 41.9 Å². The molecule has 2 aromatic rings. The Morgan fingerprint density at radius 3 is 2.73 bits per heavy atom. The van der Waals surface area contributed by atoms with E-state index in [0.29, 0.717) is 11.7 Å². The highest BCUT2D eigenvalue weighted by Gasteiger charge is 2.26. The first-order chi connectivity index (χ1) is 12.8. The zero-order valence-corrected chi connectivity index (χ0v) is 14.9. The normalized spacial score (nSPS) is 19.0. The molecular weight excluding hydrogens is 330 g/mol. The van der Waals surface area contributed by atoms with Crippen LogP contribution in [0.4, 0.5) is 5.82 Å². The first-order valence-electron chi connectivity index (χ1n) is 9.43. The van der Waals surface area contributed by atoms with Crippen LogP contribution in [0.2, 0.25) is 0 Å². The van der Waals surface area contributed by atoms with Crippen LogP contribution in [0.15, 0.2) is 35.0 Å². The zero-order valence-electron chi connectivity index (χ0n) is 14.9. The molecule has 0 saturated carbocycles. The maximum atomic E-state index is 12.7. The number of nitrogens with zero attached hydrogens (tertiary/aromatic N) is 4. The molecular formula is C19H25N5O2. The van der Waals surface area contributed by atoms with Gasteiger partial charge in [0.05, 0.1) is 6.54 Å². The Morgan fingerprint density at radius 2 is 2.00 bits per heavy atom. The van der Waals surface area contributed by atoms with E-state index in [-0.39, 0.29) is 5.91 Å². The van der Waals surface area contributed by atoms with Gasteiger partial charge in [-0.2, -0.15) is 0 Å². The van der Waals surface area contributed by atoms with E-state index in [0.717, 1.165) is 57.1 Å². The Balaban J connectivity index is 1.28. The molecule has 2 fully saturated rings. The molecule has 4 heterocycles. The second-order valence-electron chi connectivity index (χ2n) is 7.09. The maximum Gasteiger partial charge on any atom is 0.276 e. The third-order valence-electron chi connectivity index (χ3n) is 5.16. The smallest absolute Gasteiger partial charge is 0.276 e. The van der Waals surface area contributed by atoms with Crippen LogP contribution in [-0.4, -0.2) is 58.1 Å². The molecule has 7 nitrogen and oxygen atoms in total. The number of hydrogen-bond acceptors (Lipinski definition) is 6. The van der Waals surface area contributed by atoms with Crippen molar-refractivity contribution in [3.63, 3.8) is 0 Å². The summed E-state index contributed by atoms with van der Waals surface area (Å²) < 4.78 is 5.38. The van der Waals surface area contributed by atoms with Crippen LogP contribution in [-0.2, 0) is 6.54 Å². The van der Waals surface area contributed by atoms with Crippen LogP contribution in [0, 0.1) is 0 Å². The van der Waals surface area contributed by atoms with Gasteiger partial charge in [-0.3, -0.25) is 9.69 Å². The summed E-state index contributed by atoms with van der Waals surface area (Å²) in [4.78, 5) is 21.2. The summed E-state index contributed by atoms with van der Waals surface area (Å²) in [5.74, 6) is 1.64. The quantitative estimate of drug-likeness (QED) is 0.888. The first-order valence-corrected chi connectivity index (χ1v) is 9.43. The molecule has 0 unspecified atom stereocenters. The summed E-state index contributed by atoms with van der Waals surface area (Å²) in [5.41, 5.74) is 0.426. The lowest BCUT2D eigenvalue weighted by Crippen LogP contribution is -2.42. The van der Waals surface area contributed by atoms with Gasteiger partial charge in [-0.25, -0.2) is 4.98 Å². The minimum atomic E-state index is -0.0299. The molecule has 26 heavy (non-hydrogen) atoms. The molecule has 0 atom stereocenters. The molecule has 0 spiro atoms. The van der Waals surface area contributed by atoms with Crippen LogP contribution in [0.3, 0.4) is 0 Å². The lowest BCUT2D eigenvalue weighted by molar-refractivity contribution is 0.0708. The number of aromatic nitrogens is 2. The molecule has 0 bridgehead atoms. The van der Waals surface area contributed by atoms with Crippen molar-refractivity contribution in [3.05, 3.63) is 41.9 Å². The number of piperidine rings is 1. The van der Waals surface area contributed by atoms with E-state index in [9.17, 15) is 4.79 Å². The zero-order chi connectivity index (χ0) is 17.8. The molecule has 2 aliphatic rings. The summed E-state index contributed by atoms with van der Waals surface area (Å²) >= 11 is 0. The van der Waals surface area contributed by atoms with E-state index in [1.54, 1.807) is 12.3 Å². The van der Waals surface area contributed by atoms with E-state index in [2.05, 4.69) is 20.4 Å². The fourth-order valence-electron chi connectivity index (χ4n) is 3.70. The lowest BCUT2D eigenvalue weighted by atomic mass is 10.0. The Bertz CT molecular complexity index is 719. The third-order valence-corrected chi connectivity index (χ3v) is 5.16. The number of nitrogens with one attached hydrogen (secondary N) is 1. The second-order valence-corrected chi connectivity index (χ2v) is 7.09. The Kier molecular flexibility index (Phi) is 5.15. The molecule has 138 valence electrons. The van der Waals surface area contributed by atoms with E-state index >= 15 is 0 Å². The number of pyridine rings is 1. The number of carbonyl (C=O) groups excluding carboxylic acids is 1. The summed E-state index contributed by atoms with van der Waals surface area (Å²) in [6.07, 6.45) is 6.07. The lowest BCUT2D eigenvalue weighted by Gasteiger charge is -2.32. The van der Waals surface area contributed by atoms with E-state index in [4.69, 9.17) is 4.52 Å². The molecule has 4 rings (SSSR count). The molecule has 7 heteroatoms. The van der Waals surface area contributed by atoms with Crippen molar-refractivity contribution in [1.82, 2.24) is 19.9 Å². The molecule has 2 saturated heterocycles. The van der Waals surface area contributed by atoms with Crippen LogP contribution < -0.4 is 5.32 Å². The first kappa shape index (κ1) is 17.0. The van der Waals surface area contributed by atoms with Crippen molar-refractivity contribution >= 4 is 11.7 Å². The van der Waals surface area contributed by atoms with Crippen LogP contribution in [0.25, 0.3) is 0 Å². The highest BCUT2D eigenvalue weighted by atomic mass is 16.5. The Labute approximate surface area is 153 Å². The molecule has 0 aliphatic carbocycles. The van der Waals surface area contributed by atoms with E-state index in [1.165, 1.54) is 12.8 Å². The largest absolute Gasteiger partial charge is 0.367 e. The van der Waals surface area contributed by atoms with Gasteiger partial charge in [-0.15, -0.1) is 0 Å². The minimum absolute atomic E-state index is 0.0299. The average Bonchev–Trinajstić information content (AvgIpc) is 3.35. The fourth-order valence-corrected chi connectivity index (χ4v) is 3.70. The average molecular weight is 355 g/mol. The SMILES string of the molecule is O=C(c1cc(CN2CCCC2)on1)N1CCC(Nc2ccccn2)CC1. The van der Waals surface area contributed by atoms with Gasteiger partial charge in [0, 0.05) is 31.4 Å². The van der Waals surface area contributed by atoms with E-state index in [1.807, 2.05) is 23.1 Å². The number of amides is 1. The van der Waals surface area contributed by atoms with Crippen molar-refractivity contribution in [1.29, 1.82) is 0 Å². The minimum Gasteiger partial charge on any atom is -0.367 e. The summed E-state index contributed by atoms with van der Waals surface area (Å²) in [5, 5.41) is 7.44. The highest BCUT2D eigenvalue weighted by Crippen LogP contribution is 2.18. The number of anilines is 1. The van der Waals surface area contributed by atoms with Crippen LogP contribution >= 0.6 is 0 Å². The Morgan fingerprint density at radius 1 is 1.19 bits per heavy atom. The van der Waals surface area contributed by atoms with Gasteiger partial charge in [0.1, 0.15) is 5.82 Å². The van der Waals surface area contributed by atoms with E-state index < -0.39 is 0 Å². The van der Waals surface area contributed by atoms with Gasteiger partial charge in [0.25, 0.3) is 5.91 Å². The van der Waals surface area contributed by atoms with Gasteiger partial charge in [-0.05, 0) is 50.9 Å². The summed E-state index contributed by atoms with van der Waals surface area (Å²) in [7, 11) is 0. The van der Waals surface area contributed by atoms with Crippen molar-refractivity contribution in [3.8, 4) is 0 Å². The van der Waals surface area contributed by atoms with Gasteiger partial charge in [0.15, 0.2) is 11.5 Å². The predicted molar refractivity (Wildman–Crippen MR) is 97.8 cm³/mol. The molecule has 2 aliphatic heterocycles. The predicted octanol–water partition coefficient (Wildman–Crippen LogP) is 2.38. The molecule has 1 N–H and O–H groups in total. The molecule has 1 amide bonds. The van der Waals surface area contributed by atoms with Crippen molar-refractivity contribution < 1.29 is 9.32 Å². The van der Waals surface area contributed by atoms with Crippen molar-refractivity contribution in [2.75, 3.05) is 31.5 Å². The molecule has 2 aromatic heterocycles. The van der Waals surface area contributed by atoms with Gasteiger partial charge in [0.2, 0.25) is 0 Å². The molecule has 0 radical (unpaired) electrons. The van der Waals surface area contributed by atoms with Gasteiger partial charge >= 0.3 is 0 Å². The number of carbonyl (C=O) groups is 1. The van der Waals surface area contributed by atoms with Crippen molar-refractivity contribution in [2.45, 2.75) is 38.3 Å². The standard InChI is InChI=1S/C19H25N5O2/c25-19(17-13-16(26-22-17)14-23-9-3-4-10-23)24-11-6-15(7-12-24)21-18-5-1-2-8-20-18/h1-2,5,8,13,15H,3-4,6-7,9-12,14H2,(H,20,21). The number of likely N-dealkylation sites (tertiary alicyclic amines) is 2. The maximum absolute atomic E-state index is 12.7. The third kappa shape index (κ3) is 4.04. The topological polar surface area (TPSA) is 74.5 Å². The summed E-state index contributed by atoms with van der Waals surface area (Å²) in [6, 6.07) is 7.99. The second kappa shape index (κ2) is 7.86. The highest BCUT2D eigenvalue weighted by molar-refractivity contribution is 5.92. The van der Waals surface area contributed by atoms with Crippen molar-refractivity contribution in [2.24, 2.45) is 0 Å². The number of hydrogen-bond donors (Lipinski definition) is 1. The molecule has 0 aromatic carbocycles. The Hall–Kier alpha value is -2.41. The van der Waals surface area contributed by atoms with Crippen LogP contribution in [0.5, 0.6) is 0 Å². The van der Waals surface area contributed by atoms with Gasteiger partial charge in [-0.1, -0.05) is 11.2 Å². The van der Waals surface area contributed by atoms with Gasteiger partial charge < -0.3 is 14.7 Å². The fraction of sp³-hybridized carbons (Fsp3) is 0.526.